The predicted molar refractivity (Wildman–Crippen MR) is 62.4 cm³/mol. The largest absolute Gasteiger partial charge is 0.477 e. The molecule has 0 spiro atoms. The number of rotatable bonds is 2. The van der Waals surface area contributed by atoms with E-state index < -0.39 is 12.1 Å². The highest BCUT2D eigenvalue weighted by Crippen LogP contribution is 2.51. The Labute approximate surface area is 105 Å². The zero-order valence-corrected chi connectivity index (χ0v) is 10.3. The molecule has 3 aliphatic rings. The van der Waals surface area contributed by atoms with Crippen LogP contribution in [-0.2, 0) is 9.59 Å². The van der Waals surface area contributed by atoms with E-state index in [0.29, 0.717) is 6.42 Å². The number of carboxylic acids is 1. The second-order valence-electron chi connectivity index (χ2n) is 5.53. The maximum Gasteiger partial charge on any atom is 0.352 e. The molecule has 98 valence electrons. The van der Waals surface area contributed by atoms with Gasteiger partial charge in [0.1, 0.15) is 5.70 Å². The number of aliphatic carboxylic acids is 1. The molecule has 2 fully saturated rings. The number of nitrogens with zero attached hydrogens (tertiary/aromatic N) is 1. The van der Waals surface area contributed by atoms with Crippen molar-refractivity contribution in [3.05, 3.63) is 11.3 Å². The van der Waals surface area contributed by atoms with Gasteiger partial charge in [-0.3, -0.25) is 4.79 Å². The molecule has 3 rings (SSSR count). The molecule has 1 aliphatic carbocycles. The van der Waals surface area contributed by atoms with Gasteiger partial charge in [0.2, 0.25) is 5.91 Å². The van der Waals surface area contributed by atoms with E-state index in [2.05, 4.69) is 0 Å². The third-order valence-corrected chi connectivity index (χ3v) is 4.58. The van der Waals surface area contributed by atoms with Crippen LogP contribution in [0.4, 0.5) is 0 Å². The highest BCUT2D eigenvalue weighted by atomic mass is 16.4. The average Bonchev–Trinajstić information content (AvgIpc) is 2.58. The molecule has 0 aromatic carbocycles. The molecule has 0 aromatic rings. The number of aliphatic hydroxyl groups is 1. The zero-order valence-electron chi connectivity index (χ0n) is 10.3. The molecule has 4 atom stereocenters. The van der Waals surface area contributed by atoms with Crippen LogP contribution in [0.5, 0.6) is 0 Å². The molecular weight excluding hydrogens is 234 g/mol. The number of hydrogen-bond donors (Lipinski definition) is 2. The van der Waals surface area contributed by atoms with Gasteiger partial charge in [-0.05, 0) is 25.3 Å². The van der Waals surface area contributed by atoms with Gasteiger partial charge in [0.25, 0.3) is 0 Å². The molecule has 1 saturated carbocycles. The average molecular weight is 251 g/mol. The van der Waals surface area contributed by atoms with Crippen molar-refractivity contribution in [2.24, 2.45) is 11.8 Å². The number of amides is 1. The summed E-state index contributed by atoms with van der Waals surface area (Å²) in [6, 6.07) is 0.0418. The third-order valence-electron chi connectivity index (χ3n) is 4.58. The fourth-order valence-corrected chi connectivity index (χ4v) is 3.81. The second kappa shape index (κ2) is 3.82. The highest BCUT2D eigenvalue weighted by molar-refractivity contribution is 5.98. The van der Waals surface area contributed by atoms with E-state index >= 15 is 0 Å². The topological polar surface area (TPSA) is 77.8 Å². The van der Waals surface area contributed by atoms with Crippen molar-refractivity contribution in [1.82, 2.24) is 4.90 Å². The third kappa shape index (κ3) is 1.37. The van der Waals surface area contributed by atoms with Crippen LogP contribution in [-0.4, -0.2) is 39.1 Å². The smallest absolute Gasteiger partial charge is 0.352 e. The minimum Gasteiger partial charge on any atom is -0.477 e. The van der Waals surface area contributed by atoms with Crippen molar-refractivity contribution in [2.75, 3.05) is 0 Å². The molecule has 2 heterocycles. The van der Waals surface area contributed by atoms with Gasteiger partial charge in [0, 0.05) is 18.3 Å². The van der Waals surface area contributed by atoms with Crippen LogP contribution in [0.25, 0.3) is 0 Å². The Morgan fingerprint density at radius 2 is 2.17 bits per heavy atom. The van der Waals surface area contributed by atoms with Crippen molar-refractivity contribution in [2.45, 2.75) is 44.8 Å². The van der Waals surface area contributed by atoms with Gasteiger partial charge in [-0.2, -0.15) is 0 Å². The molecule has 1 saturated heterocycles. The molecule has 0 bridgehead atoms. The maximum absolute atomic E-state index is 11.6. The van der Waals surface area contributed by atoms with Crippen LogP contribution in [0, 0.1) is 11.8 Å². The molecule has 4 unspecified atom stereocenters. The van der Waals surface area contributed by atoms with Crippen molar-refractivity contribution < 1.29 is 19.8 Å². The number of aliphatic hydroxyl groups excluding tert-OH is 1. The number of carboxylic acid groups (broad SMARTS) is 1. The Bertz CT molecular complexity index is 454. The molecule has 2 N–H and O–H groups in total. The Hall–Kier alpha value is -1.36. The quantitative estimate of drug-likeness (QED) is 0.709. The Balaban J connectivity index is 2.08. The lowest BCUT2D eigenvalue weighted by Gasteiger charge is -2.40. The molecule has 0 radical (unpaired) electrons. The van der Waals surface area contributed by atoms with E-state index in [4.69, 9.17) is 0 Å². The summed E-state index contributed by atoms with van der Waals surface area (Å²) >= 11 is 0. The number of β-lactam (4-membered cyclic amide) rings is 1. The van der Waals surface area contributed by atoms with Crippen LogP contribution in [0.2, 0.25) is 0 Å². The fourth-order valence-electron chi connectivity index (χ4n) is 3.81. The van der Waals surface area contributed by atoms with Crippen molar-refractivity contribution in [3.8, 4) is 0 Å². The summed E-state index contributed by atoms with van der Waals surface area (Å²) in [6.45, 7) is 1.71. The van der Waals surface area contributed by atoms with Gasteiger partial charge in [-0.25, -0.2) is 4.79 Å². The first kappa shape index (κ1) is 11.7. The van der Waals surface area contributed by atoms with Gasteiger partial charge < -0.3 is 15.1 Å². The molecular formula is C13H17NO4. The molecule has 18 heavy (non-hydrogen) atoms. The maximum atomic E-state index is 11.6. The van der Waals surface area contributed by atoms with Crippen LogP contribution < -0.4 is 0 Å². The van der Waals surface area contributed by atoms with Crippen molar-refractivity contribution in [1.29, 1.82) is 0 Å². The minimum absolute atomic E-state index is 0.0418. The summed E-state index contributed by atoms with van der Waals surface area (Å²) in [4.78, 5) is 24.5. The van der Waals surface area contributed by atoms with Crippen molar-refractivity contribution >= 4 is 11.9 Å². The molecule has 2 aliphatic heterocycles. The summed E-state index contributed by atoms with van der Waals surface area (Å²) in [5, 5.41) is 19.2. The van der Waals surface area contributed by atoms with Crippen LogP contribution in [0.15, 0.2) is 11.3 Å². The SMILES string of the molecule is CC(O)C1CCCC2C1=C(C(=O)O)N1C(=O)CC21. The summed E-state index contributed by atoms with van der Waals surface area (Å²) in [6.07, 6.45) is 2.65. The van der Waals surface area contributed by atoms with Gasteiger partial charge in [-0.15, -0.1) is 0 Å². The lowest BCUT2D eigenvalue weighted by molar-refractivity contribution is -0.148. The Morgan fingerprint density at radius 1 is 1.44 bits per heavy atom. The first-order chi connectivity index (χ1) is 8.52. The van der Waals surface area contributed by atoms with Crippen molar-refractivity contribution in [3.63, 3.8) is 0 Å². The van der Waals surface area contributed by atoms with Gasteiger partial charge in [0.15, 0.2) is 0 Å². The Morgan fingerprint density at radius 3 is 2.72 bits per heavy atom. The lowest BCUT2D eigenvalue weighted by Crippen LogP contribution is -2.52. The molecule has 5 nitrogen and oxygen atoms in total. The first-order valence-electron chi connectivity index (χ1n) is 6.50. The minimum atomic E-state index is -1.03. The first-order valence-corrected chi connectivity index (χ1v) is 6.50. The van der Waals surface area contributed by atoms with E-state index in [0.717, 1.165) is 24.8 Å². The molecule has 1 amide bonds. The van der Waals surface area contributed by atoms with Crippen LogP contribution >= 0.6 is 0 Å². The number of carbonyl (C=O) groups is 2. The van der Waals surface area contributed by atoms with Gasteiger partial charge in [-0.1, -0.05) is 6.42 Å². The highest BCUT2D eigenvalue weighted by Gasteiger charge is 2.55. The zero-order chi connectivity index (χ0) is 13.0. The van der Waals surface area contributed by atoms with E-state index in [-0.39, 0.29) is 29.5 Å². The summed E-state index contributed by atoms with van der Waals surface area (Å²) in [5.41, 5.74) is 0.978. The molecule has 0 aromatic heterocycles. The van der Waals surface area contributed by atoms with E-state index in [9.17, 15) is 19.8 Å². The normalized spacial score (nSPS) is 36.0. The summed E-state index contributed by atoms with van der Waals surface area (Å²) in [7, 11) is 0. The molecule has 5 heteroatoms. The van der Waals surface area contributed by atoms with Crippen LogP contribution in [0.3, 0.4) is 0 Å². The van der Waals surface area contributed by atoms with Gasteiger partial charge in [0.05, 0.1) is 12.1 Å². The number of fused-ring (bicyclic) bond motifs is 3. The Kier molecular flexibility index (Phi) is 2.48. The number of carbonyl (C=O) groups excluding carboxylic acids is 1. The second-order valence-corrected chi connectivity index (χ2v) is 5.53. The van der Waals surface area contributed by atoms with E-state index in [1.165, 1.54) is 4.90 Å². The standard InChI is InChI=1S/C13H17NO4/c1-6(15)7-3-2-4-8-9-5-10(16)14(9)12(11(7)8)13(17)18/h6-9,15H,2-5H2,1H3,(H,17,18). The fraction of sp³-hybridized carbons (Fsp3) is 0.692. The summed E-state index contributed by atoms with van der Waals surface area (Å²) < 4.78 is 0. The van der Waals surface area contributed by atoms with E-state index in [1.54, 1.807) is 6.92 Å². The monoisotopic (exact) mass is 251 g/mol. The van der Waals surface area contributed by atoms with Gasteiger partial charge >= 0.3 is 5.97 Å². The van der Waals surface area contributed by atoms with E-state index in [1.807, 2.05) is 0 Å². The summed E-state index contributed by atoms with van der Waals surface area (Å²) in [5.74, 6) is -1.07. The number of hydrogen-bond acceptors (Lipinski definition) is 3. The van der Waals surface area contributed by atoms with Crippen LogP contribution in [0.1, 0.15) is 32.6 Å². The predicted octanol–water partition coefficient (Wildman–Crippen LogP) is 0.737. The lowest BCUT2D eigenvalue weighted by atomic mass is 9.72.